The van der Waals surface area contributed by atoms with Gasteiger partial charge in [-0.05, 0) is 23.7 Å². The first-order valence-electron chi connectivity index (χ1n) is 27.5. The Kier molecular flexibility index (Phi) is 25.9. The third kappa shape index (κ3) is 17.0. The average Bonchev–Trinajstić information content (AvgIpc) is 4.21. The molecule has 1 N–H and O–H groups in total. The van der Waals surface area contributed by atoms with E-state index in [4.69, 9.17) is 4.99 Å². The van der Waals surface area contributed by atoms with E-state index in [9.17, 15) is 0 Å². The van der Waals surface area contributed by atoms with E-state index in [1.807, 2.05) is 71.4 Å². The second kappa shape index (κ2) is 30.4. The van der Waals surface area contributed by atoms with Crippen LogP contribution in [0.5, 0.6) is 0 Å². The molecule has 382 valence electrons. The van der Waals surface area contributed by atoms with Gasteiger partial charge < -0.3 is 0 Å². The van der Waals surface area contributed by atoms with E-state index in [1.54, 1.807) is 2.89 Å². The van der Waals surface area contributed by atoms with Gasteiger partial charge in [-0.25, -0.2) is 0 Å². The number of hydrogen-bond donors (Lipinski definition) is 1. The Balaban J connectivity index is 0.00000438. The molecule has 5 aromatic rings. The number of aryl methyl sites for hydroxylation is 3. The van der Waals surface area contributed by atoms with Gasteiger partial charge in [0, 0.05) is 0 Å². The van der Waals surface area contributed by atoms with E-state index >= 15 is 0 Å². The summed E-state index contributed by atoms with van der Waals surface area (Å²) in [5.74, 6) is 4.09. The molecule has 3 unspecified atom stereocenters. The van der Waals surface area contributed by atoms with Gasteiger partial charge in [0.05, 0.1) is 0 Å². The van der Waals surface area contributed by atoms with Crippen LogP contribution in [0.2, 0.25) is 13.3 Å². The van der Waals surface area contributed by atoms with Crippen LogP contribution in [0.25, 0.3) is 20.9 Å². The van der Waals surface area contributed by atoms with Crippen LogP contribution in [-0.4, -0.2) is 25.1 Å². The van der Waals surface area contributed by atoms with Crippen molar-refractivity contribution >= 4 is 108 Å². The second-order valence-corrected chi connectivity index (χ2v) is 42.1. The molecule has 0 saturated heterocycles. The summed E-state index contributed by atoms with van der Waals surface area (Å²) in [5, 5.41) is 4.44. The maximum absolute atomic E-state index is 5.09. The summed E-state index contributed by atoms with van der Waals surface area (Å²) in [6.45, 7) is 32.2. The molecular weight excluding hydrogens is 1060 g/mol. The molecule has 0 radical (unpaired) electrons. The zero-order valence-electron chi connectivity index (χ0n) is 45.3. The van der Waals surface area contributed by atoms with Gasteiger partial charge >= 0.3 is 338 Å². The predicted molar refractivity (Wildman–Crippen MR) is 326 cm³/mol. The van der Waals surface area contributed by atoms with E-state index in [-0.39, 0.29) is 5.37 Å². The minimum absolute atomic E-state index is 0.165. The van der Waals surface area contributed by atoms with Gasteiger partial charge in [0.1, 0.15) is 0 Å². The molecule has 1 aliphatic rings. The molecule has 9 heteroatoms. The van der Waals surface area contributed by atoms with Crippen molar-refractivity contribution in [1.82, 2.24) is 0 Å². The van der Waals surface area contributed by atoms with Crippen molar-refractivity contribution < 1.29 is 0 Å². The minimum Gasteiger partial charge on any atom is -0.0683 e. The number of anilines is 1. The smallest absolute Gasteiger partial charge is 0.0683 e. The van der Waals surface area contributed by atoms with Crippen LogP contribution in [0.15, 0.2) is 63.3 Å². The number of thiophene rings is 4. The second-order valence-electron chi connectivity index (χ2n) is 21.0. The summed E-state index contributed by atoms with van der Waals surface area (Å²) in [7, 11) is 0. The largest absolute Gasteiger partial charge is 0.0683 e. The summed E-state index contributed by atoms with van der Waals surface area (Å²) in [6.07, 6.45) is 21.1. The molecule has 4 aromatic heterocycles. The monoisotopic (exact) mass is 1150 g/mol. The van der Waals surface area contributed by atoms with Gasteiger partial charge in [0.2, 0.25) is 0 Å². The van der Waals surface area contributed by atoms with Gasteiger partial charge in [0.25, 0.3) is 0 Å². The minimum atomic E-state index is -2.70. The van der Waals surface area contributed by atoms with Gasteiger partial charge in [0.15, 0.2) is 0 Å². The van der Waals surface area contributed by atoms with E-state index in [0.717, 1.165) is 35.1 Å². The Morgan fingerprint density at radius 2 is 1.17 bits per heavy atom. The molecule has 2 nitrogen and oxygen atoms in total. The van der Waals surface area contributed by atoms with Crippen LogP contribution >= 0.6 is 68.9 Å². The topological polar surface area (TPSA) is 24.4 Å². The normalized spacial score (nSPS) is 14.6. The molecule has 0 bridgehead atoms. The van der Waals surface area contributed by atoms with Gasteiger partial charge in [-0.15, -0.1) is 0 Å². The summed E-state index contributed by atoms with van der Waals surface area (Å²) < 4.78 is 6.28. The molecule has 0 amide bonds. The van der Waals surface area contributed by atoms with Crippen LogP contribution < -0.4 is 8.21 Å². The van der Waals surface area contributed by atoms with E-state index in [2.05, 4.69) is 141 Å². The zero-order valence-corrected chi connectivity index (χ0v) is 53.0. The first-order chi connectivity index (χ1) is 33.4. The Morgan fingerprint density at radius 1 is 0.623 bits per heavy atom. The molecule has 3 atom stereocenters. The van der Waals surface area contributed by atoms with Crippen molar-refractivity contribution in [3.63, 3.8) is 0 Å². The van der Waals surface area contributed by atoms with E-state index < -0.39 is 18.4 Å². The number of aliphatic imine (C=N–C) groups is 1. The number of rotatable bonds is 31. The summed E-state index contributed by atoms with van der Waals surface area (Å²) >= 11 is 9.50. The molecule has 0 saturated carbocycles. The third-order valence-corrected chi connectivity index (χ3v) is 39.7. The van der Waals surface area contributed by atoms with Crippen LogP contribution in [0.1, 0.15) is 196 Å². The maximum atomic E-state index is 5.09. The fraction of sp³-hybridized carbons (Fsp3) is 0.617. The number of hydrogen-bond acceptors (Lipinski definition) is 8. The van der Waals surface area contributed by atoms with Gasteiger partial charge in [-0.3, -0.25) is 0 Å². The van der Waals surface area contributed by atoms with E-state index in [0.29, 0.717) is 0 Å². The average molecular weight is 1150 g/mol. The fourth-order valence-electron chi connectivity index (χ4n) is 9.99. The SMILES string of the molecule is C=Nc1c(SCc2ccc(CCC(C)CCCC(C)C)s2)c(-c2cc[c]([Sn]([CH2]CCC)([CH2]CCC)[CH2]CCC)s2)c2c(c1-c1ccc(C)s1)SC(c1ccc(CCC(C)CCCC(C)C)s1)N2.CC. The summed E-state index contributed by atoms with van der Waals surface area (Å²) in [6, 6.07) is 19.5. The molecule has 6 rings (SSSR count). The molecular formula is C60H92N2S6Sn. The molecule has 1 aromatic carbocycles. The van der Waals surface area contributed by atoms with Crippen molar-refractivity contribution in [2.45, 2.75) is 220 Å². The number of unbranched alkanes of at least 4 members (excludes halogenated alkanes) is 3. The van der Waals surface area contributed by atoms with Crippen molar-refractivity contribution in [3.05, 3.63) is 72.9 Å². The van der Waals surface area contributed by atoms with Crippen molar-refractivity contribution in [1.29, 1.82) is 0 Å². The maximum Gasteiger partial charge on any atom is -0.0683 e. The molecule has 0 spiro atoms. The summed E-state index contributed by atoms with van der Waals surface area (Å²) in [5.41, 5.74) is 5.06. The number of benzene rings is 1. The van der Waals surface area contributed by atoms with Crippen LogP contribution in [-0.2, 0) is 18.6 Å². The Bertz CT molecular complexity index is 2240. The van der Waals surface area contributed by atoms with Crippen LogP contribution in [0, 0.1) is 30.6 Å². The molecule has 69 heavy (non-hydrogen) atoms. The van der Waals surface area contributed by atoms with Crippen molar-refractivity contribution in [2.24, 2.45) is 28.7 Å². The molecule has 0 fully saturated rings. The van der Waals surface area contributed by atoms with Gasteiger partial charge in [-0.2, -0.15) is 0 Å². The van der Waals surface area contributed by atoms with Crippen LogP contribution in [0.3, 0.4) is 0 Å². The summed E-state index contributed by atoms with van der Waals surface area (Å²) in [4.78, 5) is 17.8. The third-order valence-electron chi connectivity index (χ3n) is 14.2. The Morgan fingerprint density at radius 3 is 1.72 bits per heavy atom. The number of nitrogens with one attached hydrogen (secondary N) is 1. The number of nitrogens with zero attached hydrogens (tertiary/aromatic N) is 1. The first kappa shape index (κ1) is 58.9. The number of fused-ring (bicyclic) bond motifs is 1. The molecule has 5 heterocycles. The van der Waals surface area contributed by atoms with Crippen LogP contribution in [0.4, 0.5) is 11.4 Å². The Hall–Kier alpha value is -1.01. The molecule has 1 aliphatic heterocycles. The Labute approximate surface area is 451 Å². The zero-order chi connectivity index (χ0) is 49.9. The van der Waals surface area contributed by atoms with E-state index in [1.165, 1.54) is 177 Å². The molecule has 0 aliphatic carbocycles. The van der Waals surface area contributed by atoms with Crippen molar-refractivity contribution in [2.75, 3.05) is 5.32 Å². The number of thioether (sulfide) groups is 2. The fourth-order valence-corrected chi connectivity index (χ4v) is 36.0. The predicted octanol–water partition coefficient (Wildman–Crippen LogP) is 22.3. The first-order valence-corrected chi connectivity index (χ1v) is 40.1. The quantitative estimate of drug-likeness (QED) is 0.0272. The van der Waals surface area contributed by atoms with Crippen molar-refractivity contribution in [3.8, 4) is 20.9 Å². The standard InChI is InChI=1S/C46H59N2S6.3C4H9.C2H6.Sn/c1-29(2)12-9-14-31(5)17-20-34-22-23-36(52-34)28-50-44-40(37-16-11-27-49-37)43-45(41(42(44)47-8)38-25-19-33(7)51-38)54-46(48-43)39-26-24-35(53-39)21-18-32(6)15-10-13-30(3)4;3*1-3-4-2;1-2;/h11,16,19,22-26,29-32,46,48H,8-10,12-15,17-18,20-21,28H2,1-7H3;3*1,3-4H2,2H3;1-2H3;. The van der Waals surface area contributed by atoms with Gasteiger partial charge in [-0.1, -0.05) is 93.9 Å².